The Hall–Kier alpha value is -1.69. The van der Waals surface area contributed by atoms with Crippen LogP contribution >= 0.6 is 0 Å². The third-order valence-corrected chi connectivity index (χ3v) is 3.49. The Kier molecular flexibility index (Phi) is 4.89. The van der Waals surface area contributed by atoms with Crippen LogP contribution < -0.4 is 4.90 Å². The van der Waals surface area contributed by atoms with Crippen LogP contribution in [-0.2, 0) is 16.0 Å². The van der Waals surface area contributed by atoms with Crippen LogP contribution in [0.3, 0.4) is 0 Å². The van der Waals surface area contributed by atoms with Gasteiger partial charge in [0.15, 0.2) is 0 Å². The molecule has 6 heteroatoms. The van der Waals surface area contributed by atoms with Crippen molar-refractivity contribution in [1.82, 2.24) is 14.9 Å². The predicted molar refractivity (Wildman–Crippen MR) is 76.6 cm³/mol. The molecule has 0 aromatic carbocycles. The van der Waals surface area contributed by atoms with Crippen LogP contribution in [0.4, 0.5) is 5.82 Å². The first-order valence-corrected chi connectivity index (χ1v) is 6.85. The van der Waals surface area contributed by atoms with Gasteiger partial charge < -0.3 is 14.5 Å². The maximum absolute atomic E-state index is 11.9. The summed E-state index contributed by atoms with van der Waals surface area (Å²) in [6.07, 6.45) is 4.92. The first-order chi connectivity index (χ1) is 9.60. The summed E-state index contributed by atoms with van der Waals surface area (Å²) in [5.74, 6) is 1.39. The molecule has 1 aliphatic heterocycles. The Balaban J connectivity index is 1.94. The highest BCUT2D eigenvalue weighted by Crippen LogP contribution is 2.21. The van der Waals surface area contributed by atoms with Crippen molar-refractivity contribution >= 4 is 11.7 Å². The molecule has 6 nitrogen and oxygen atoms in total. The highest BCUT2D eigenvalue weighted by molar-refractivity contribution is 5.78. The van der Waals surface area contributed by atoms with E-state index >= 15 is 0 Å². The molecule has 2 rings (SSSR count). The maximum atomic E-state index is 11.9. The molecule has 0 bridgehead atoms. The third-order valence-electron chi connectivity index (χ3n) is 3.49. The highest BCUT2D eigenvalue weighted by atomic mass is 16.5. The molecule has 0 spiro atoms. The van der Waals surface area contributed by atoms with E-state index < -0.39 is 0 Å². The van der Waals surface area contributed by atoms with Gasteiger partial charge in [-0.3, -0.25) is 9.78 Å². The molecule has 1 fully saturated rings. The molecular formula is C14H22N4O2. The van der Waals surface area contributed by atoms with E-state index in [2.05, 4.69) is 9.97 Å². The minimum atomic E-state index is 0.212. The van der Waals surface area contributed by atoms with Gasteiger partial charge in [-0.15, -0.1) is 0 Å². The first kappa shape index (κ1) is 14.7. The molecule has 20 heavy (non-hydrogen) atoms. The molecule has 1 aromatic heterocycles. The van der Waals surface area contributed by atoms with Crippen molar-refractivity contribution in [2.45, 2.75) is 12.8 Å². The fraction of sp³-hybridized carbons (Fsp3) is 0.643. The zero-order valence-electron chi connectivity index (χ0n) is 12.4. The molecule has 1 atom stereocenters. The number of hydrogen-bond donors (Lipinski definition) is 0. The average Bonchev–Trinajstić information content (AvgIpc) is 2.76. The average molecular weight is 278 g/mol. The molecule has 1 unspecified atom stereocenters. The van der Waals surface area contributed by atoms with E-state index in [1.54, 1.807) is 19.5 Å². The number of amides is 1. The number of methoxy groups -OCH3 is 1. The second-order valence-electron chi connectivity index (χ2n) is 5.37. The van der Waals surface area contributed by atoms with Gasteiger partial charge in [-0.2, -0.15) is 0 Å². The van der Waals surface area contributed by atoms with Crippen LogP contribution in [0, 0.1) is 5.92 Å². The van der Waals surface area contributed by atoms with Crippen molar-refractivity contribution in [2.75, 3.05) is 45.8 Å². The summed E-state index contributed by atoms with van der Waals surface area (Å²) in [5.41, 5.74) is 0.947. The number of hydrogen-bond acceptors (Lipinski definition) is 5. The summed E-state index contributed by atoms with van der Waals surface area (Å²) < 4.78 is 5.03. The zero-order chi connectivity index (χ0) is 14.5. The van der Waals surface area contributed by atoms with E-state index in [0.29, 0.717) is 25.5 Å². The molecule has 1 aromatic rings. The van der Waals surface area contributed by atoms with E-state index in [9.17, 15) is 4.79 Å². The number of likely N-dealkylation sites (tertiary alicyclic amines) is 1. The topological polar surface area (TPSA) is 58.6 Å². The van der Waals surface area contributed by atoms with E-state index in [0.717, 1.165) is 24.5 Å². The Labute approximate surface area is 119 Å². The number of carbonyl (C=O) groups is 1. The quantitative estimate of drug-likeness (QED) is 0.762. The summed E-state index contributed by atoms with van der Waals surface area (Å²) in [7, 11) is 5.54. The van der Waals surface area contributed by atoms with Crippen molar-refractivity contribution < 1.29 is 9.53 Å². The van der Waals surface area contributed by atoms with Gasteiger partial charge in [-0.25, -0.2) is 4.98 Å². The highest BCUT2D eigenvalue weighted by Gasteiger charge is 2.29. The zero-order valence-corrected chi connectivity index (χ0v) is 12.4. The van der Waals surface area contributed by atoms with E-state index in [1.807, 2.05) is 23.9 Å². The van der Waals surface area contributed by atoms with Gasteiger partial charge in [0.2, 0.25) is 5.91 Å². The van der Waals surface area contributed by atoms with Crippen LogP contribution in [0.15, 0.2) is 12.4 Å². The molecule has 2 heterocycles. The normalized spacial score (nSPS) is 18.6. The van der Waals surface area contributed by atoms with Crippen molar-refractivity contribution in [3.63, 3.8) is 0 Å². The Bertz CT molecular complexity index is 464. The van der Waals surface area contributed by atoms with Gasteiger partial charge in [-0.05, 0) is 12.3 Å². The van der Waals surface area contributed by atoms with Gasteiger partial charge in [0.25, 0.3) is 0 Å². The van der Waals surface area contributed by atoms with Gasteiger partial charge in [-0.1, -0.05) is 0 Å². The van der Waals surface area contributed by atoms with Gasteiger partial charge >= 0.3 is 0 Å². The Morgan fingerprint density at radius 3 is 2.95 bits per heavy atom. The van der Waals surface area contributed by atoms with Gasteiger partial charge in [0, 0.05) is 46.9 Å². The lowest BCUT2D eigenvalue weighted by molar-refractivity contribution is -0.128. The smallest absolute Gasteiger partial charge is 0.223 e. The minimum Gasteiger partial charge on any atom is -0.383 e. The molecule has 0 radical (unpaired) electrons. The number of rotatable bonds is 6. The second kappa shape index (κ2) is 6.65. The lowest BCUT2D eigenvalue weighted by atomic mass is 10.0. The standard InChI is InChI=1S/C14H22N4O2/c1-17(2)13-9-15-8-12(16-13)6-11-7-14(19)18(10-11)4-5-20-3/h8-9,11H,4-7,10H2,1-3H3. The Morgan fingerprint density at radius 1 is 1.45 bits per heavy atom. The molecule has 0 saturated carbocycles. The van der Waals surface area contributed by atoms with Crippen molar-refractivity contribution in [3.8, 4) is 0 Å². The summed E-state index contributed by atoms with van der Waals surface area (Å²) in [4.78, 5) is 24.5. The lowest BCUT2D eigenvalue weighted by Gasteiger charge is -2.16. The minimum absolute atomic E-state index is 0.212. The largest absolute Gasteiger partial charge is 0.383 e. The molecule has 0 N–H and O–H groups in total. The van der Waals surface area contributed by atoms with E-state index in [-0.39, 0.29) is 5.91 Å². The summed E-state index contributed by atoms with van der Waals surface area (Å²) in [6, 6.07) is 0. The monoisotopic (exact) mass is 278 g/mol. The SMILES string of the molecule is COCCN1CC(Cc2cncc(N(C)C)n2)CC1=O. The first-order valence-electron chi connectivity index (χ1n) is 6.85. The summed E-state index contributed by atoms with van der Waals surface area (Å²) >= 11 is 0. The van der Waals surface area contributed by atoms with Crippen LogP contribution in [0.25, 0.3) is 0 Å². The lowest BCUT2D eigenvalue weighted by Crippen LogP contribution is -2.29. The fourth-order valence-corrected chi connectivity index (χ4v) is 2.41. The molecule has 1 amide bonds. The van der Waals surface area contributed by atoms with Crippen LogP contribution in [0.1, 0.15) is 12.1 Å². The predicted octanol–water partition coefficient (Wildman–Crippen LogP) is 0.580. The van der Waals surface area contributed by atoms with Crippen molar-refractivity contribution in [3.05, 3.63) is 18.1 Å². The fourth-order valence-electron chi connectivity index (χ4n) is 2.41. The van der Waals surface area contributed by atoms with E-state index in [1.165, 1.54) is 0 Å². The molecular weight excluding hydrogens is 256 g/mol. The maximum Gasteiger partial charge on any atom is 0.223 e. The van der Waals surface area contributed by atoms with Crippen molar-refractivity contribution in [2.24, 2.45) is 5.92 Å². The number of anilines is 1. The number of carbonyl (C=O) groups excluding carboxylic acids is 1. The summed E-state index contributed by atoms with van der Waals surface area (Å²) in [5, 5.41) is 0. The molecule has 110 valence electrons. The Morgan fingerprint density at radius 2 is 2.25 bits per heavy atom. The molecule has 1 saturated heterocycles. The third kappa shape index (κ3) is 3.66. The molecule has 1 aliphatic rings. The van der Waals surface area contributed by atoms with Crippen LogP contribution in [0.2, 0.25) is 0 Å². The van der Waals surface area contributed by atoms with Gasteiger partial charge in [0.1, 0.15) is 5.82 Å². The summed E-state index contributed by atoms with van der Waals surface area (Å²) in [6.45, 7) is 2.06. The number of nitrogens with zero attached hydrogens (tertiary/aromatic N) is 4. The van der Waals surface area contributed by atoms with Crippen molar-refractivity contribution in [1.29, 1.82) is 0 Å². The number of aromatic nitrogens is 2. The molecule has 0 aliphatic carbocycles. The van der Waals surface area contributed by atoms with Gasteiger partial charge in [0.05, 0.1) is 18.5 Å². The van der Waals surface area contributed by atoms with Crippen LogP contribution in [0.5, 0.6) is 0 Å². The second-order valence-corrected chi connectivity index (χ2v) is 5.37. The number of ether oxygens (including phenoxy) is 1. The van der Waals surface area contributed by atoms with E-state index in [4.69, 9.17) is 4.74 Å². The van der Waals surface area contributed by atoms with Crippen LogP contribution in [-0.4, -0.2) is 61.7 Å².